The van der Waals surface area contributed by atoms with E-state index in [9.17, 15) is 0 Å². The van der Waals surface area contributed by atoms with Gasteiger partial charge < -0.3 is 28.1 Å². The fraction of sp³-hybridized carbons (Fsp3) is 0. The molecular weight excluding hydrogens is 171 g/mol. The molecule has 40 valence electrons. The van der Waals surface area contributed by atoms with Crippen molar-refractivity contribution in [2.45, 2.75) is 0 Å². The summed E-state index contributed by atoms with van der Waals surface area (Å²) < 4.78 is 0. The summed E-state index contributed by atoms with van der Waals surface area (Å²) in [4.78, 5) is 0. The Labute approximate surface area is 51.1 Å². The zero-order valence-corrected chi connectivity index (χ0v) is 5.12. The summed E-state index contributed by atoms with van der Waals surface area (Å²) in [5.41, 5.74) is 0. The van der Waals surface area contributed by atoms with Gasteiger partial charge in [-0.05, 0) is 0 Å². The van der Waals surface area contributed by atoms with Crippen LogP contribution in [0.3, 0.4) is 0 Å². The molecule has 0 amide bonds. The summed E-state index contributed by atoms with van der Waals surface area (Å²) in [6, 6.07) is 0. The summed E-state index contributed by atoms with van der Waals surface area (Å²) in [6.07, 6.45) is 0. The molecule has 0 bridgehead atoms. The van der Waals surface area contributed by atoms with Crippen LogP contribution >= 0.6 is 0 Å². The van der Waals surface area contributed by atoms with Gasteiger partial charge in [-0.2, -0.15) is 0 Å². The molecule has 0 spiro atoms. The van der Waals surface area contributed by atoms with Crippen LogP contribution in [0.1, 0.15) is 0 Å². The molecule has 0 atom stereocenters. The predicted molar refractivity (Wildman–Crippen MR) is 11.9 cm³/mol. The molecule has 6 heavy (non-hydrogen) atoms. The van der Waals surface area contributed by atoms with Crippen LogP contribution < -0.4 is 6.15 Å². The van der Waals surface area contributed by atoms with Crippen LogP contribution in [-0.4, -0.2) is 11.0 Å². The second-order valence-corrected chi connectivity index (χ2v) is 0. The summed E-state index contributed by atoms with van der Waals surface area (Å²) in [5.74, 6) is 0. The van der Waals surface area contributed by atoms with Gasteiger partial charge in [0.1, 0.15) is 0 Å². The molecule has 0 fully saturated rings. The van der Waals surface area contributed by atoms with E-state index in [2.05, 4.69) is 0 Å². The minimum atomic E-state index is 0. The zero-order valence-electron chi connectivity index (χ0n) is 2.92. The minimum Gasteiger partial charge on any atom is -2.00 e. The smallest absolute Gasteiger partial charge is 2.00 e. The van der Waals surface area contributed by atoms with Crippen molar-refractivity contribution >= 4 is 0 Å². The Balaban J connectivity index is 0. The maximum atomic E-state index is 0. The summed E-state index contributed by atoms with van der Waals surface area (Å²) in [6.45, 7) is 0. The van der Waals surface area contributed by atoms with Gasteiger partial charge in [0.25, 0.3) is 0 Å². The van der Waals surface area contributed by atoms with Crippen molar-refractivity contribution in [3.05, 3.63) is 0 Å². The minimum absolute atomic E-state index is 0. The monoisotopic (exact) mass is 177 g/mol. The van der Waals surface area contributed by atoms with Gasteiger partial charge in [-0.1, -0.05) is 0 Å². The summed E-state index contributed by atoms with van der Waals surface area (Å²) in [5, 5.41) is 0. The van der Waals surface area contributed by atoms with Crippen molar-refractivity contribution in [3.8, 4) is 0 Å². The van der Waals surface area contributed by atoms with Gasteiger partial charge in [0.2, 0.25) is 0 Å². The maximum Gasteiger partial charge on any atom is 5.00 e. The van der Waals surface area contributed by atoms with E-state index >= 15 is 0 Å². The fourth-order valence-electron chi connectivity index (χ4n) is 0. The third-order valence-electron chi connectivity index (χ3n) is 0. The molecular formula is H6NNbO4. The predicted octanol–water partition coefficient (Wildman–Crippen LogP) is -1.08. The van der Waals surface area contributed by atoms with E-state index in [1.54, 1.807) is 0 Å². The van der Waals surface area contributed by atoms with E-state index in [1.165, 1.54) is 0 Å². The van der Waals surface area contributed by atoms with Crippen molar-refractivity contribution in [2.24, 2.45) is 0 Å². The molecule has 0 aromatic heterocycles. The maximum absolute atomic E-state index is 0. The molecule has 0 aliphatic rings. The first-order valence-corrected chi connectivity index (χ1v) is 0. The van der Waals surface area contributed by atoms with Crippen molar-refractivity contribution in [2.75, 3.05) is 0 Å². The van der Waals surface area contributed by atoms with Crippen LogP contribution in [0.2, 0.25) is 0 Å². The molecule has 6 heteroatoms. The molecule has 0 aliphatic heterocycles. The van der Waals surface area contributed by atoms with Crippen LogP contribution in [0, 0.1) is 0 Å². The van der Waals surface area contributed by atoms with Crippen molar-refractivity contribution in [1.29, 1.82) is 0 Å². The van der Waals surface area contributed by atoms with Gasteiger partial charge in [-0.25, -0.2) is 0 Å². The first-order valence-electron chi connectivity index (χ1n) is 0. The summed E-state index contributed by atoms with van der Waals surface area (Å²) in [7, 11) is 0. The molecule has 0 rings (SSSR count). The Morgan fingerprint density at radius 3 is 0.833 bits per heavy atom. The normalized spacial score (nSPS) is 0. The van der Waals surface area contributed by atoms with Crippen LogP contribution in [0.4, 0.5) is 0 Å². The van der Waals surface area contributed by atoms with Crippen LogP contribution in [0.5, 0.6) is 0 Å². The molecule has 5 nitrogen and oxygen atoms in total. The Kier molecular flexibility index (Phi) is 44900. The molecule has 0 aliphatic carbocycles. The Bertz CT molecular complexity index is 7.51. The van der Waals surface area contributed by atoms with Gasteiger partial charge in [0, 0.05) is 0 Å². The Morgan fingerprint density at radius 1 is 0.833 bits per heavy atom. The van der Waals surface area contributed by atoms with E-state index < -0.39 is 0 Å². The average molecular weight is 177 g/mol. The quantitative estimate of drug-likeness (QED) is 0.467. The third-order valence-corrected chi connectivity index (χ3v) is 0. The molecule has 6 N–H and O–H groups in total. The van der Waals surface area contributed by atoms with E-state index in [4.69, 9.17) is 0 Å². The fourth-order valence-corrected chi connectivity index (χ4v) is 0. The van der Waals surface area contributed by atoms with Gasteiger partial charge in [-0.3, -0.25) is 0 Å². The molecule has 0 saturated carbocycles. The molecule has 0 saturated heterocycles. The first kappa shape index (κ1) is 688. The van der Waals surface area contributed by atoms with Gasteiger partial charge >= 0.3 is 22.4 Å². The van der Waals surface area contributed by atoms with Crippen LogP contribution in [0.15, 0.2) is 0 Å². The van der Waals surface area contributed by atoms with Gasteiger partial charge in [-0.15, -0.1) is 0 Å². The van der Waals surface area contributed by atoms with Gasteiger partial charge in [0.05, 0.1) is 0 Å². The molecule has 0 aromatic carbocycles. The van der Waals surface area contributed by atoms with Crippen molar-refractivity contribution in [3.63, 3.8) is 0 Å². The van der Waals surface area contributed by atoms with E-state index in [-0.39, 0.29) is 50.4 Å². The van der Waals surface area contributed by atoms with Crippen LogP contribution in [0.25, 0.3) is 0 Å². The average Bonchev–Trinajstić information content (AvgIpc) is 0. The van der Waals surface area contributed by atoms with Gasteiger partial charge in [0.15, 0.2) is 0 Å². The van der Waals surface area contributed by atoms with Crippen molar-refractivity contribution in [1.82, 2.24) is 6.15 Å². The second-order valence-electron chi connectivity index (χ2n) is 0. The number of hydrogen-bond acceptors (Lipinski definition) is 2. The first-order chi connectivity index (χ1) is 0. The van der Waals surface area contributed by atoms with Crippen LogP contribution in [-0.2, 0) is 33.3 Å². The topological polar surface area (TPSA) is 154 Å². The Hall–Kier alpha value is 0.540. The van der Waals surface area contributed by atoms with E-state index in [0.29, 0.717) is 0 Å². The third kappa shape index (κ3) is 195. The van der Waals surface area contributed by atoms with E-state index in [1.807, 2.05) is 0 Å². The Morgan fingerprint density at radius 2 is 0.833 bits per heavy atom. The summed E-state index contributed by atoms with van der Waals surface area (Å²) >= 11 is 0. The molecule has 0 aromatic rings. The van der Waals surface area contributed by atoms with E-state index in [0.717, 1.165) is 0 Å². The molecule has 0 unspecified atom stereocenters. The SMILES string of the molecule is N.O.[Nb+5].[O-2].[O-2].[OH-]. The standard InChI is InChI=1S/H3N.Nb.2H2O.2O/h1H3;;2*1H2;;/q;+5;;;2*-2/p-1. The largest absolute Gasteiger partial charge is 5.00 e. The molecule has 0 heterocycles. The second kappa shape index (κ2) is 391. The zero-order chi connectivity index (χ0) is 0. The number of hydrogen-bond donors (Lipinski definition) is 1. The number of rotatable bonds is 0. The molecule has 0 radical (unpaired) electrons. The van der Waals surface area contributed by atoms with Crippen molar-refractivity contribution < 1.29 is 44.3 Å².